The smallest absolute Gasteiger partial charge is 0.337 e. The highest BCUT2D eigenvalue weighted by Crippen LogP contribution is 2.21. The lowest BCUT2D eigenvalue weighted by molar-refractivity contribution is 0.0600. The van der Waals surface area contributed by atoms with E-state index in [0.29, 0.717) is 10.6 Å². The number of benzene rings is 1. The summed E-state index contributed by atoms with van der Waals surface area (Å²) in [5.41, 5.74) is 1.57. The maximum atomic E-state index is 11.3. The fourth-order valence-corrected chi connectivity index (χ4v) is 2.34. The quantitative estimate of drug-likeness (QED) is 0.776. The standard InChI is InChI=1S/C13H16ClNO2/c1-17-13(16)10-4-5-11(12(14)8-10)9-15-6-2-3-7-15/h4-5,8H,2-3,6-7,9H2,1H3. The summed E-state index contributed by atoms with van der Waals surface area (Å²) in [6.07, 6.45) is 2.52. The lowest BCUT2D eigenvalue weighted by atomic mass is 10.1. The summed E-state index contributed by atoms with van der Waals surface area (Å²) < 4.78 is 4.66. The van der Waals surface area contributed by atoms with E-state index in [9.17, 15) is 4.79 Å². The Labute approximate surface area is 106 Å². The number of hydrogen-bond acceptors (Lipinski definition) is 3. The number of ether oxygens (including phenoxy) is 1. The van der Waals surface area contributed by atoms with Crippen molar-refractivity contribution in [2.75, 3.05) is 20.2 Å². The van der Waals surface area contributed by atoms with Crippen LogP contribution in [0.1, 0.15) is 28.8 Å². The number of rotatable bonds is 3. The highest BCUT2D eigenvalue weighted by atomic mass is 35.5. The van der Waals surface area contributed by atoms with Crippen LogP contribution >= 0.6 is 11.6 Å². The fourth-order valence-electron chi connectivity index (χ4n) is 2.10. The van der Waals surface area contributed by atoms with E-state index in [1.165, 1.54) is 20.0 Å². The van der Waals surface area contributed by atoms with E-state index in [2.05, 4.69) is 9.64 Å². The summed E-state index contributed by atoms with van der Waals surface area (Å²) in [7, 11) is 1.37. The molecular weight excluding hydrogens is 238 g/mol. The zero-order valence-electron chi connectivity index (χ0n) is 9.91. The molecule has 2 rings (SSSR count). The van der Waals surface area contributed by atoms with Gasteiger partial charge in [-0.25, -0.2) is 4.79 Å². The van der Waals surface area contributed by atoms with Crippen molar-refractivity contribution in [3.05, 3.63) is 34.3 Å². The van der Waals surface area contributed by atoms with Crippen molar-refractivity contribution in [2.24, 2.45) is 0 Å². The van der Waals surface area contributed by atoms with Crippen molar-refractivity contribution >= 4 is 17.6 Å². The molecule has 1 aliphatic heterocycles. The van der Waals surface area contributed by atoms with Gasteiger partial charge in [-0.05, 0) is 43.6 Å². The first-order valence-corrected chi connectivity index (χ1v) is 6.17. The second-order valence-corrected chi connectivity index (χ2v) is 4.69. The zero-order valence-corrected chi connectivity index (χ0v) is 10.7. The first-order chi connectivity index (χ1) is 8.20. The number of carbonyl (C=O) groups excluding carboxylic acids is 1. The van der Waals surface area contributed by atoms with Crippen LogP contribution in [-0.2, 0) is 11.3 Å². The molecule has 1 aromatic carbocycles. The molecule has 1 aromatic rings. The van der Waals surface area contributed by atoms with Crippen LogP contribution < -0.4 is 0 Å². The van der Waals surface area contributed by atoms with Gasteiger partial charge in [0, 0.05) is 11.6 Å². The molecule has 0 saturated carbocycles. The van der Waals surface area contributed by atoms with Crippen molar-refractivity contribution in [3.63, 3.8) is 0 Å². The van der Waals surface area contributed by atoms with Gasteiger partial charge in [0.15, 0.2) is 0 Å². The summed E-state index contributed by atoms with van der Waals surface area (Å²) in [6, 6.07) is 5.36. The average molecular weight is 254 g/mol. The Morgan fingerprint density at radius 3 is 2.71 bits per heavy atom. The van der Waals surface area contributed by atoms with E-state index in [1.807, 2.05) is 6.07 Å². The first-order valence-electron chi connectivity index (χ1n) is 5.80. The Balaban J connectivity index is 2.10. The number of nitrogens with zero attached hydrogens (tertiary/aromatic N) is 1. The monoisotopic (exact) mass is 253 g/mol. The van der Waals surface area contributed by atoms with E-state index < -0.39 is 0 Å². The number of methoxy groups -OCH3 is 1. The molecule has 3 nitrogen and oxygen atoms in total. The normalized spacial score (nSPS) is 16.1. The molecule has 1 fully saturated rings. The highest BCUT2D eigenvalue weighted by Gasteiger charge is 2.14. The Morgan fingerprint density at radius 1 is 1.41 bits per heavy atom. The van der Waals surface area contributed by atoms with Crippen LogP contribution in [0.25, 0.3) is 0 Å². The minimum absolute atomic E-state index is 0.348. The average Bonchev–Trinajstić information content (AvgIpc) is 2.83. The van der Waals surface area contributed by atoms with E-state index in [1.54, 1.807) is 12.1 Å². The summed E-state index contributed by atoms with van der Waals surface area (Å²) in [5, 5.41) is 0.639. The third-order valence-corrected chi connectivity index (χ3v) is 3.42. The van der Waals surface area contributed by atoms with Gasteiger partial charge in [-0.1, -0.05) is 17.7 Å². The molecule has 0 N–H and O–H groups in total. The van der Waals surface area contributed by atoms with Gasteiger partial charge in [0.05, 0.1) is 12.7 Å². The minimum atomic E-state index is -0.348. The van der Waals surface area contributed by atoms with Crippen LogP contribution in [0.15, 0.2) is 18.2 Å². The van der Waals surface area contributed by atoms with E-state index in [4.69, 9.17) is 11.6 Å². The van der Waals surface area contributed by atoms with E-state index >= 15 is 0 Å². The van der Waals surface area contributed by atoms with Crippen molar-refractivity contribution < 1.29 is 9.53 Å². The Bertz CT molecular complexity index is 414. The molecule has 0 radical (unpaired) electrons. The number of carbonyl (C=O) groups is 1. The highest BCUT2D eigenvalue weighted by molar-refractivity contribution is 6.31. The van der Waals surface area contributed by atoms with Crippen LogP contribution in [0.4, 0.5) is 0 Å². The van der Waals surface area contributed by atoms with Crippen molar-refractivity contribution in [1.82, 2.24) is 4.90 Å². The Kier molecular flexibility index (Phi) is 4.02. The molecule has 0 bridgehead atoms. The molecule has 17 heavy (non-hydrogen) atoms. The van der Waals surface area contributed by atoms with Crippen LogP contribution in [0.5, 0.6) is 0 Å². The van der Waals surface area contributed by atoms with Crippen LogP contribution in [0.2, 0.25) is 5.02 Å². The van der Waals surface area contributed by atoms with E-state index in [0.717, 1.165) is 25.2 Å². The zero-order chi connectivity index (χ0) is 12.3. The van der Waals surface area contributed by atoms with Gasteiger partial charge in [0.2, 0.25) is 0 Å². The van der Waals surface area contributed by atoms with Crippen molar-refractivity contribution in [1.29, 1.82) is 0 Å². The van der Waals surface area contributed by atoms with Gasteiger partial charge in [-0.15, -0.1) is 0 Å². The van der Waals surface area contributed by atoms with E-state index in [-0.39, 0.29) is 5.97 Å². The van der Waals surface area contributed by atoms with Gasteiger partial charge in [-0.2, -0.15) is 0 Å². The predicted molar refractivity (Wildman–Crippen MR) is 67.3 cm³/mol. The van der Waals surface area contributed by atoms with Gasteiger partial charge >= 0.3 is 5.97 Å². The molecule has 4 heteroatoms. The SMILES string of the molecule is COC(=O)c1ccc(CN2CCCC2)c(Cl)c1. The lowest BCUT2D eigenvalue weighted by Gasteiger charge is -2.15. The van der Waals surface area contributed by atoms with Crippen molar-refractivity contribution in [3.8, 4) is 0 Å². The molecule has 1 aliphatic rings. The predicted octanol–water partition coefficient (Wildman–Crippen LogP) is 2.72. The van der Waals surface area contributed by atoms with Gasteiger partial charge in [-0.3, -0.25) is 4.90 Å². The second kappa shape index (κ2) is 5.52. The molecule has 0 amide bonds. The Hall–Kier alpha value is -1.06. The molecule has 0 atom stereocenters. The molecule has 0 aliphatic carbocycles. The third-order valence-electron chi connectivity index (χ3n) is 3.07. The largest absolute Gasteiger partial charge is 0.465 e. The molecule has 1 heterocycles. The van der Waals surface area contributed by atoms with Crippen LogP contribution in [-0.4, -0.2) is 31.1 Å². The van der Waals surface area contributed by atoms with Crippen LogP contribution in [0, 0.1) is 0 Å². The summed E-state index contributed by atoms with van der Waals surface area (Å²) >= 11 is 6.17. The van der Waals surface area contributed by atoms with Gasteiger partial charge in [0.1, 0.15) is 0 Å². The second-order valence-electron chi connectivity index (χ2n) is 4.28. The van der Waals surface area contributed by atoms with Gasteiger partial charge in [0.25, 0.3) is 0 Å². The Morgan fingerprint density at radius 2 is 2.12 bits per heavy atom. The molecular formula is C13H16ClNO2. The van der Waals surface area contributed by atoms with Gasteiger partial charge < -0.3 is 4.74 Å². The minimum Gasteiger partial charge on any atom is -0.465 e. The molecule has 92 valence electrons. The number of likely N-dealkylation sites (tertiary alicyclic amines) is 1. The molecule has 0 aromatic heterocycles. The lowest BCUT2D eigenvalue weighted by Crippen LogP contribution is -2.18. The summed E-state index contributed by atoms with van der Waals surface area (Å²) in [4.78, 5) is 13.7. The molecule has 1 saturated heterocycles. The molecule has 0 spiro atoms. The molecule has 0 unspecified atom stereocenters. The number of esters is 1. The summed E-state index contributed by atoms with van der Waals surface area (Å²) in [6.45, 7) is 3.13. The number of hydrogen-bond donors (Lipinski definition) is 0. The summed E-state index contributed by atoms with van der Waals surface area (Å²) in [5.74, 6) is -0.348. The maximum Gasteiger partial charge on any atom is 0.337 e. The third kappa shape index (κ3) is 2.99. The first kappa shape index (κ1) is 12.4. The maximum absolute atomic E-state index is 11.3. The fraction of sp³-hybridized carbons (Fsp3) is 0.462. The van der Waals surface area contributed by atoms with Crippen molar-refractivity contribution in [2.45, 2.75) is 19.4 Å². The number of halogens is 1. The van der Waals surface area contributed by atoms with Crippen LogP contribution in [0.3, 0.4) is 0 Å². The topological polar surface area (TPSA) is 29.5 Å².